The molecule has 1 saturated carbocycles. The van der Waals surface area contributed by atoms with E-state index in [9.17, 15) is 9.59 Å². The van der Waals surface area contributed by atoms with Crippen LogP contribution in [0.3, 0.4) is 0 Å². The molecule has 5 nitrogen and oxygen atoms in total. The summed E-state index contributed by atoms with van der Waals surface area (Å²) in [4.78, 5) is 32.1. The van der Waals surface area contributed by atoms with Gasteiger partial charge in [0.05, 0.1) is 6.04 Å². The van der Waals surface area contributed by atoms with E-state index in [4.69, 9.17) is 0 Å². The lowest BCUT2D eigenvalue weighted by molar-refractivity contribution is -0.142. The van der Waals surface area contributed by atoms with Crippen LogP contribution in [0.5, 0.6) is 0 Å². The molecule has 0 radical (unpaired) electrons. The maximum Gasteiger partial charge on any atom is 0.226 e. The van der Waals surface area contributed by atoms with Gasteiger partial charge in [0.25, 0.3) is 0 Å². The number of nitrogens with one attached hydrogen (secondary N) is 1. The summed E-state index contributed by atoms with van der Waals surface area (Å²) in [5.74, 6) is 1.26. The van der Waals surface area contributed by atoms with Gasteiger partial charge in [-0.25, -0.2) is 0 Å². The van der Waals surface area contributed by atoms with E-state index in [-0.39, 0.29) is 29.7 Å². The molecule has 2 aliphatic carbocycles. The third kappa shape index (κ3) is 9.92. The number of carbonyl (C=O) groups excluding carboxylic acids is 2. The minimum absolute atomic E-state index is 0.155. The fourth-order valence-electron chi connectivity index (χ4n) is 7.17. The molecule has 5 heteroatoms. The van der Waals surface area contributed by atoms with Gasteiger partial charge in [0, 0.05) is 31.5 Å². The Morgan fingerprint density at radius 3 is 2.54 bits per heavy atom. The van der Waals surface area contributed by atoms with Crippen LogP contribution >= 0.6 is 0 Å². The molecule has 0 spiro atoms. The first-order valence-corrected chi connectivity index (χ1v) is 16.6. The van der Waals surface area contributed by atoms with Gasteiger partial charge < -0.3 is 15.1 Å². The van der Waals surface area contributed by atoms with Crippen LogP contribution in [0.2, 0.25) is 0 Å². The lowest BCUT2D eigenvalue weighted by Crippen LogP contribution is -2.48. The largest absolute Gasteiger partial charge is 0.338 e. The summed E-state index contributed by atoms with van der Waals surface area (Å²) in [6.45, 7) is 5.90. The molecule has 2 fully saturated rings. The lowest BCUT2D eigenvalue weighted by Gasteiger charge is -2.36. The van der Waals surface area contributed by atoms with Gasteiger partial charge in [-0.1, -0.05) is 73.9 Å². The summed E-state index contributed by atoms with van der Waals surface area (Å²) in [6.07, 6.45) is 23.2. The SMILES string of the molecule is CN[C@@H](C)C(=O)C[C@H](C(=O)N1CCC[C@H]1CN(CCCCc1ccccc1)CCC1C=CC=CC1)C1CCCCC1. The maximum atomic E-state index is 14.2. The number of ketones is 1. The molecule has 1 N–H and O–H groups in total. The molecule has 226 valence electrons. The van der Waals surface area contributed by atoms with Crippen molar-refractivity contribution in [2.24, 2.45) is 17.8 Å². The molecule has 3 aliphatic rings. The van der Waals surface area contributed by atoms with Crippen LogP contribution in [0.4, 0.5) is 0 Å². The number of benzene rings is 1. The first-order chi connectivity index (χ1) is 20.0. The molecule has 4 rings (SSSR count). The van der Waals surface area contributed by atoms with Crippen molar-refractivity contribution < 1.29 is 9.59 Å². The molecule has 1 unspecified atom stereocenters. The number of aryl methyl sites for hydroxylation is 1. The Kier molecular flexibility index (Phi) is 13.2. The number of hydrogen-bond donors (Lipinski definition) is 1. The van der Waals surface area contributed by atoms with Crippen molar-refractivity contribution in [1.29, 1.82) is 0 Å². The fourth-order valence-corrected chi connectivity index (χ4v) is 7.17. The number of hydrogen-bond acceptors (Lipinski definition) is 4. The molecule has 1 amide bonds. The van der Waals surface area contributed by atoms with E-state index in [1.54, 1.807) is 0 Å². The van der Waals surface area contributed by atoms with Crippen molar-refractivity contribution in [1.82, 2.24) is 15.1 Å². The zero-order valence-corrected chi connectivity index (χ0v) is 25.8. The number of amides is 1. The van der Waals surface area contributed by atoms with E-state index in [1.165, 1.54) is 44.1 Å². The summed E-state index contributed by atoms with van der Waals surface area (Å²) < 4.78 is 0. The van der Waals surface area contributed by atoms with Crippen LogP contribution in [-0.4, -0.2) is 66.8 Å². The molecule has 4 atom stereocenters. The van der Waals surface area contributed by atoms with Crippen LogP contribution in [-0.2, 0) is 16.0 Å². The molecular formula is C36H55N3O2. The van der Waals surface area contributed by atoms with Gasteiger partial charge in [-0.2, -0.15) is 0 Å². The Balaban J connectivity index is 1.39. The second kappa shape index (κ2) is 17.0. The van der Waals surface area contributed by atoms with E-state index in [1.807, 2.05) is 14.0 Å². The minimum Gasteiger partial charge on any atom is -0.338 e. The van der Waals surface area contributed by atoms with Gasteiger partial charge in [0.15, 0.2) is 0 Å². The number of nitrogens with zero attached hydrogens (tertiary/aromatic N) is 2. The molecule has 1 heterocycles. The van der Waals surface area contributed by atoms with Crippen LogP contribution in [0.1, 0.15) is 89.5 Å². The molecule has 1 aromatic carbocycles. The first kappa shape index (κ1) is 31.7. The zero-order chi connectivity index (χ0) is 28.9. The predicted octanol–water partition coefficient (Wildman–Crippen LogP) is 6.59. The Labute approximate surface area is 249 Å². The van der Waals surface area contributed by atoms with Crippen LogP contribution in [0.25, 0.3) is 0 Å². The zero-order valence-electron chi connectivity index (χ0n) is 25.8. The van der Waals surface area contributed by atoms with Crippen molar-refractivity contribution in [3.63, 3.8) is 0 Å². The quantitative estimate of drug-likeness (QED) is 0.231. The molecule has 1 aliphatic heterocycles. The smallest absolute Gasteiger partial charge is 0.226 e. The summed E-state index contributed by atoms with van der Waals surface area (Å²) in [5, 5.41) is 3.10. The van der Waals surface area contributed by atoms with Crippen molar-refractivity contribution in [2.75, 3.05) is 33.2 Å². The fraction of sp³-hybridized carbons (Fsp3) is 0.667. The van der Waals surface area contributed by atoms with Crippen molar-refractivity contribution in [3.05, 3.63) is 60.2 Å². The highest BCUT2D eigenvalue weighted by molar-refractivity contribution is 5.90. The van der Waals surface area contributed by atoms with Crippen molar-refractivity contribution >= 4 is 11.7 Å². The Morgan fingerprint density at radius 2 is 1.80 bits per heavy atom. The van der Waals surface area contributed by atoms with E-state index in [0.29, 0.717) is 18.3 Å². The summed E-state index contributed by atoms with van der Waals surface area (Å²) in [7, 11) is 1.84. The Morgan fingerprint density at radius 1 is 1.00 bits per heavy atom. The van der Waals surface area contributed by atoms with E-state index >= 15 is 0 Å². The highest BCUT2D eigenvalue weighted by Gasteiger charge is 2.39. The molecule has 1 saturated heterocycles. The van der Waals surface area contributed by atoms with Gasteiger partial charge >= 0.3 is 0 Å². The minimum atomic E-state index is -0.196. The second-order valence-electron chi connectivity index (χ2n) is 12.9. The molecule has 1 aromatic rings. The highest BCUT2D eigenvalue weighted by atomic mass is 16.2. The highest BCUT2D eigenvalue weighted by Crippen LogP contribution is 2.35. The summed E-state index contributed by atoms with van der Waals surface area (Å²) >= 11 is 0. The van der Waals surface area contributed by atoms with Crippen LogP contribution in [0.15, 0.2) is 54.6 Å². The topological polar surface area (TPSA) is 52.7 Å². The van der Waals surface area contributed by atoms with Gasteiger partial charge in [-0.15, -0.1) is 0 Å². The molecule has 0 bridgehead atoms. The van der Waals surface area contributed by atoms with Gasteiger partial charge in [0.2, 0.25) is 5.91 Å². The summed E-state index contributed by atoms with van der Waals surface area (Å²) in [5.41, 5.74) is 1.42. The number of carbonyl (C=O) groups is 2. The molecule has 0 aromatic heterocycles. The molecular weight excluding hydrogens is 506 g/mol. The number of allylic oxidation sites excluding steroid dienone is 4. The number of Topliss-reactive ketones (excluding diaryl/α,β-unsaturated/α-hetero) is 1. The lowest BCUT2D eigenvalue weighted by atomic mass is 9.76. The van der Waals surface area contributed by atoms with Gasteiger partial charge in [-0.05, 0) is 102 Å². The van der Waals surface area contributed by atoms with Gasteiger partial charge in [0.1, 0.15) is 5.78 Å². The van der Waals surface area contributed by atoms with Crippen molar-refractivity contribution in [2.45, 2.75) is 102 Å². The number of likely N-dealkylation sites (N-methyl/N-ethyl adjacent to an activating group) is 1. The van der Waals surface area contributed by atoms with E-state index in [0.717, 1.165) is 64.7 Å². The first-order valence-electron chi connectivity index (χ1n) is 16.6. The predicted molar refractivity (Wildman–Crippen MR) is 170 cm³/mol. The normalized spacial score (nSPS) is 22.8. The third-order valence-corrected chi connectivity index (χ3v) is 9.92. The monoisotopic (exact) mass is 561 g/mol. The summed E-state index contributed by atoms with van der Waals surface area (Å²) in [6, 6.07) is 10.9. The number of unbranched alkanes of at least 4 members (excludes halogenated alkanes) is 1. The van der Waals surface area contributed by atoms with E-state index in [2.05, 4.69) is 69.8 Å². The second-order valence-corrected chi connectivity index (χ2v) is 12.9. The Hall–Kier alpha value is -2.24. The third-order valence-electron chi connectivity index (χ3n) is 9.92. The van der Waals surface area contributed by atoms with Crippen LogP contribution < -0.4 is 5.32 Å². The molecule has 41 heavy (non-hydrogen) atoms. The average Bonchev–Trinajstić information content (AvgIpc) is 3.49. The standard InChI is InChI=1S/C36H55N3O2/c1-29(37-2)35(40)27-34(32-20-10-5-11-21-32)36(41)39-25-14-22-33(39)28-38(26-23-31-17-8-4-9-18-31)24-13-12-19-30-15-6-3-7-16-30/h3-4,6-9,15-17,29,31-34,37H,5,10-14,18-28H2,1-2H3/t29-,31?,33-,34-/m0/s1. The average molecular weight is 562 g/mol. The number of rotatable bonds is 16. The van der Waals surface area contributed by atoms with Crippen molar-refractivity contribution in [3.8, 4) is 0 Å². The maximum absolute atomic E-state index is 14.2. The van der Waals surface area contributed by atoms with E-state index < -0.39 is 0 Å². The Bertz CT molecular complexity index is 984. The van der Waals surface area contributed by atoms with Gasteiger partial charge in [-0.3, -0.25) is 9.59 Å². The number of likely N-dealkylation sites (tertiary alicyclic amines) is 1. The van der Waals surface area contributed by atoms with Crippen LogP contribution in [0, 0.1) is 17.8 Å².